The summed E-state index contributed by atoms with van der Waals surface area (Å²) < 4.78 is 0. The van der Waals surface area contributed by atoms with Gasteiger partial charge in [0.15, 0.2) is 0 Å². The second-order valence-electron chi connectivity index (χ2n) is 6.06. The van der Waals surface area contributed by atoms with Crippen LogP contribution in [0.15, 0.2) is 17.5 Å². The average molecular weight is 295 g/mol. The van der Waals surface area contributed by atoms with E-state index in [1.54, 1.807) is 0 Å². The highest BCUT2D eigenvalue weighted by Crippen LogP contribution is 2.22. The molecule has 1 aliphatic carbocycles. The molecule has 20 heavy (non-hydrogen) atoms. The minimum Gasteiger partial charge on any atom is -0.309 e. The predicted molar refractivity (Wildman–Crippen MR) is 89.5 cm³/mol. The van der Waals surface area contributed by atoms with Crippen molar-refractivity contribution in [1.82, 2.24) is 10.2 Å². The van der Waals surface area contributed by atoms with Crippen LogP contribution in [-0.2, 0) is 0 Å². The fraction of sp³-hybridized carbons (Fsp3) is 0.765. The lowest BCUT2D eigenvalue weighted by Crippen LogP contribution is -2.35. The molecule has 1 heterocycles. The summed E-state index contributed by atoms with van der Waals surface area (Å²) >= 11 is 1.87. The Bertz CT molecular complexity index is 344. The summed E-state index contributed by atoms with van der Waals surface area (Å²) in [5.74, 6) is 0. The molecule has 0 radical (unpaired) electrons. The van der Waals surface area contributed by atoms with Gasteiger partial charge >= 0.3 is 0 Å². The van der Waals surface area contributed by atoms with Gasteiger partial charge in [-0.25, -0.2) is 0 Å². The maximum atomic E-state index is 3.71. The molecule has 1 unspecified atom stereocenters. The molecule has 1 N–H and O–H groups in total. The minimum atomic E-state index is 0.551. The van der Waals surface area contributed by atoms with Crippen molar-refractivity contribution in [2.45, 2.75) is 64.0 Å². The van der Waals surface area contributed by atoms with Crippen molar-refractivity contribution in [3.63, 3.8) is 0 Å². The van der Waals surface area contributed by atoms with Gasteiger partial charge in [-0.2, -0.15) is 0 Å². The van der Waals surface area contributed by atoms with E-state index in [4.69, 9.17) is 0 Å². The number of hydrogen-bond acceptors (Lipinski definition) is 3. The monoisotopic (exact) mass is 294 g/mol. The van der Waals surface area contributed by atoms with E-state index >= 15 is 0 Å². The van der Waals surface area contributed by atoms with Crippen LogP contribution >= 0.6 is 11.3 Å². The fourth-order valence-electron chi connectivity index (χ4n) is 3.24. The highest BCUT2D eigenvalue weighted by Gasteiger charge is 2.17. The molecule has 1 fully saturated rings. The molecule has 0 aromatic carbocycles. The van der Waals surface area contributed by atoms with Gasteiger partial charge in [-0.1, -0.05) is 32.3 Å². The Hall–Kier alpha value is -0.380. The van der Waals surface area contributed by atoms with Crippen LogP contribution in [0, 0.1) is 0 Å². The molecule has 3 heteroatoms. The Morgan fingerprint density at radius 3 is 2.80 bits per heavy atom. The van der Waals surface area contributed by atoms with E-state index in [0.29, 0.717) is 6.04 Å². The first-order valence-corrected chi connectivity index (χ1v) is 9.16. The van der Waals surface area contributed by atoms with Gasteiger partial charge in [0.2, 0.25) is 0 Å². The van der Waals surface area contributed by atoms with Crippen LogP contribution in [0.25, 0.3) is 0 Å². The third-order valence-electron chi connectivity index (χ3n) is 4.57. The van der Waals surface area contributed by atoms with Crippen LogP contribution in [-0.4, -0.2) is 31.1 Å². The molecule has 1 aromatic rings. The van der Waals surface area contributed by atoms with Gasteiger partial charge in [-0.3, -0.25) is 0 Å². The number of thiophene rings is 1. The molecule has 1 atom stereocenters. The van der Waals surface area contributed by atoms with Crippen molar-refractivity contribution >= 4 is 11.3 Å². The van der Waals surface area contributed by atoms with E-state index in [9.17, 15) is 0 Å². The van der Waals surface area contributed by atoms with E-state index in [1.807, 2.05) is 11.3 Å². The predicted octanol–water partition coefficient (Wildman–Crippen LogP) is 4.44. The van der Waals surface area contributed by atoms with Crippen molar-refractivity contribution in [3.05, 3.63) is 22.4 Å². The van der Waals surface area contributed by atoms with E-state index in [2.05, 4.69) is 41.7 Å². The first-order chi connectivity index (χ1) is 9.81. The zero-order valence-electron chi connectivity index (χ0n) is 13.1. The van der Waals surface area contributed by atoms with Crippen molar-refractivity contribution in [3.8, 4) is 0 Å². The maximum Gasteiger partial charge on any atom is 0.0412 e. The van der Waals surface area contributed by atoms with E-state index in [1.165, 1.54) is 56.4 Å². The molecule has 2 rings (SSSR count). The molecule has 0 aliphatic heterocycles. The molecule has 1 saturated carbocycles. The molecule has 1 aliphatic rings. The smallest absolute Gasteiger partial charge is 0.0412 e. The van der Waals surface area contributed by atoms with Crippen LogP contribution in [0.5, 0.6) is 0 Å². The molecule has 0 spiro atoms. The average Bonchev–Trinajstić information content (AvgIpc) is 3.02. The van der Waals surface area contributed by atoms with Crippen LogP contribution < -0.4 is 5.32 Å². The van der Waals surface area contributed by atoms with Gasteiger partial charge in [-0.15, -0.1) is 11.3 Å². The third kappa shape index (κ3) is 4.87. The Balaban J connectivity index is 1.62. The summed E-state index contributed by atoms with van der Waals surface area (Å²) in [4.78, 5) is 4.07. The quantitative estimate of drug-likeness (QED) is 0.713. The van der Waals surface area contributed by atoms with Gasteiger partial charge in [-0.05, 0) is 57.3 Å². The Labute approximate surface area is 128 Å². The summed E-state index contributed by atoms with van der Waals surface area (Å²) in [5.41, 5.74) is 0. The van der Waals surface area contributed by atoms with Gasteiger partial charge in [0.05, 0.1) is 0 Å². The van der Waals surface area contributed by atoms with Gasteiger partial charge in [0.1, 0.15) is 0 Å². The molecule has 114 valence electrons. The number of nitrogens with one attached hydrogen (secondary N) is 1. The van der Waals surface area contributed by atoms with Crippen LogP contribution in [0.3, 0.4) is 0 Å². The lowest BCUT2D eigenvalue weighted by Gasteiger charge is -2.31. The molecule has 2 nitrogen and oxygen atoms in total. The maximum absolute atomic E-state index is 3.71. The lowest BCUT2D eigenvalue weighted by atomic mass is 9.94. The van der Waals surface area contributed by atoms with Crippen molar-refractivity contribution < 1.29 is 0 Å². The molecular weight excluding hydrogens is 264 g/mol. The van der Waals surface area contributed by atoms with Crippen molar-refractivity contribution in [2.75, 3.05) is 20.1 Å². The summed E-state index contributed by atoms with van der Waals surface area (Å²) in [5, 5.41) is 5.89. The minimum absolute atomic E-state index is 0.551. The van der Waals surface area contributed by atoms with Crippen molar-refractivity contribution in [2.24, 2.45) is 0 Å². The normalized spacial score (nSPS) is 18.6. The van der Waals surface area contributed by atoms with Crippen molar-refractivity contribution in [1.29, 1.82) is 0 Å². The largest absolute Gasteiger partial charge is 0.309 e. The Morgan fingerprint density at radius 2 is 2.15 bits per heavy atom. The second kappa shape index (κ2) is 8.81. The van der Waals surface area contributed by atoms with Gasteiger partial charge < -0.3 is 10.2 Å². The Kier molecular flexibility index (Phi) is 7.05. The fourth-order valence-corrected chi connectivity index (χ4v) is 4.13. The first-order valence-electron chi connectivity index (χ1n) is 8.28. The first kappa shape index (κ1) is 16.0. The van der Waals surface area contributed by atoms with Crippen LogP contribution in [0.1, 0.15) is 62.8 Å². The summed E-state index contributed by atoms with van der Waals surface area (Å²) in [6.45, 7) is 4.64. The summed E-state index contributed by atoms with van der Waals surface area (Å²) in [6.07, 6.45) is 9.58. The highest BCUT2D eigenvalue weighted by atomic mass is 32.1. The number of hydrogen-bond donors (Lipinski definition) is 1. The summed E-state index contributed by atoms with van der Waals surface area (Å²) in [7, 11) is 2.31. The van der Waals surface area contributed by atoms with Crippen LogP contribution in [0.2, 0.25) is 0 Å². The zero-order valence-corrected chi connectivity index (χ0v) is 13.9. The lowest BCUT2D eigenvalue weighted by molar-refractivity contribution is 0.189. The number of nitrogens with zero attached hydrogens (tertiary/aromatic N) is 1. The number of rotatable bonds is 8. The molecule has 0 saturated heterocycles. The Morgan fingerprint density at radius 1 is 1.35 bits per heavy atom. The third-order valence-corrected chi connectivity index (χ3v) is 5.56. The van der Waals surface area contributed by atoms with E-state index in [0.717, 1.165) is 12.6 Å². The standard InChI is InChI=1S/C17H30N2S/c1-3-16(17-11-7-14-20-17)18-12-8-13-19(2)15-9-5-4-6-10-15/h7,11,14-16,18H,3-6,8-10,12-13H2,1-2H3. The van der Waals surface area contributed by atoms with Gasteiger partial charge in [0, 0.05) is 17.0 Å². The van der Waals surface area contributed by atoms with E-state index < -0.39 is 0 Å². The molecule has 0 amide bonds. The molecule has 1 aromatic heterocycles. The van der Waals surface area contributed by atoms with Gasteiger partial charge in [0.25, 0.3) is 0 Å². The topological polar surface area (TPSA) is 15.3 Å². The zero-order chi connectivity index (χ0) is 14.2. The SMILES string of the molecule is CCC(NCCCN(C)C1CCCCC1)c1cccs1. The molecule has 0 bridgehead atoms. The summed E-state index contributed by atoms with van der Waals surface area (Å²) in [6, 6.07) is 5.80. The molecular formula is C17H30N2S. The second-order valence-corrected chi connectivity index (χ2v) is 7.04. The van der Waals surface area contributed by atoms with E-state index in [-0.39, 0.29) is 0 Å². The van der Waals surface area contributed by atoms with Crippen LogP contribution in [0.4, 0.5) is 0 Å². The highest BCUT2D eigenvalue weighted by molar-refractivity contribution is 7.10.